The lowest BCUT2D eigenvalue weighted by atomic mass is 10.2. The number of phenolic OH excluding ortho intramolecular Hbond substituents is 1. The number of hydrogen-bond acceptors (Lipinski definition) is 4. The number of halogens is 1. The molecular formula is C11H11ClN4O2. The maximum absolute atomic E-state index is 11.9. The molecule has 0 aliphatic carbocycles. The number of phenols is 1. The first-order valence-corrected chi connectivity index (χ1v) is 5.60. The molecule has 2 rings (SSSR count). The Bertz CT molecular complexity index is 556. The van der Waals surface area contributed by atoms with E-state index in [2.05, 4.69) is 20.5 Å². The molecule has 7 heteroatoms. The lowest BCUT2D eigenvalue weighted by Gasteiger charge is -2.11. The molecule has 2 aromatic rings. The van der Waals surface area contributed by atoms with Gasteiger partial charge in [-0.1, -0.05) is 11.6 Å². The van der Waals surface area contributed by atoms with Gasteiger partial charge in [-0.25, -0.2) is 4.98 Å². The summed E-state index contributed by atoms with van der Waals surface area (Å²) in [6.07, 6.45) is 1.37. The van der Waals surface area contributed by atoms with Crippen molar-refractivity contribution in [1.29, 1.82) is 0 Å². The summed E-state index contributed by atoms with van der Waals surface area (Å²) < 4.78 is 0. The summed E-state index contributed by atoms with van der Waals surface area (Å²) in [7, 11) is 0. The van der Waals surface area contributed by atoms with Gasteiger partial charge in [0, 0.05) is 5.56 Å². The first kappa shape index (κ1) is 12.4. The van der Waals surface area contributed by atoms with Crippen LogP contribution >= 0.6 is 11.6 Å². The third kappa shape index (κ3) is 2.60. The number of aromatic amines is 1. The van der Waals surface area contributed by atoms with Crippen LogP contribution in [0.25, 0.3) is 0 Å². The molecule has 18 heavy (non-hydrogen) atoms. The average molecular weight is 267 g/mol. The van der Waals surface area contributed by atoms with E-state index in [1.165, 1.54) is 24.5 Å². The maximum Gasteiger partial charge on any atom is 0.251 e. The van der Waals surface area contributed by atoms with Crippen LogP contribution in [-0.4, -0.2) is 26.2 Å². The summed E-state index contributed by atoms with van der Waals surface area (Å²) >= 11 is 5.74. The molecule has 3 N–H and O–H groups in total. The van der Waals surface area contributed by atoms with Crippen molar-refractivity contribution >= 4 is 17.5 Å². The molecule has 0 saturated heterocycles. The third-order valence-corrected chi connectivity index (χ3v) is 2.70. The number of rotatable bonds is 3. The van der Waals surface area contributed by atoms with Crippen LogP contribution in [0.1, 0.15) is 29.1 Å². The van der Waals surface area contributed by atoms with E-state index in [4.69, 9.17) is 11.6 Å². The van der Waals surface area contributed by atoms with Gasteiger partial charge in [-0.3, -0.25) is 9.89 Å². The number of aromatic hydroxyl groups is 1. The molecule has 0 fully saturated rings. The minimum Gasteiger partial charge on any atom is -0.506 e. The Morgan fingerprint density at radius 1 is 1.56 bits per heavy atom. The van der Waals surface area contributed by atoms with Gasteiger partial charge in [-0.15, -0.1) is 0 Å². The van der Waals surface area contributed by atoms with Gasteiger partial charge in [0.15, 0.2) is 0 Å². The zero-order chi connectivity index (χ0) is 13.1. The van der Waals surface area contributed by atoms with Gasteiger partial charge in [0.2, 0.25) is 0 Å². The highest BCUT2D eigenvalue weighted by Gasteiger charge is 2.14. The van der Waals surface area contributed by atoms with Crippen molar-refractivity contribution in [2.24, 2.45) is 0 Å². The molecule has 1 atom stereocenters. The van der Waals surface area contributed by atoms with Crippen LogP contribution in [0.15, 0.2) is 24.5 Å². The van der Waals surface area contributed by atoms with Gasteiger partial charge in [0.1, 0.15) is 17.9 Å². The molecule has 1 aromatic carbocycles. The summed E-state index contributed by atoms with van der Waals surface area (Å²) in [6, 6.07) is 3.96. The van der Waals surface area contributed by atoms with Crippen LogP contribution in [0.4, 0.5) is 0 Å². The number of carbonyl (C=O) groups is 1. The number of carbonyl (C=O) groups excluding carboxylic acids is 1. The van der Waals surface area contributed by atoms with Crippen LogP contribution in [0.3, 0.4) is 0 Å². The van der Waals surface area contributed by atoms with Gasteiger partial charge in [-0.05, 0) is 25.1 Å². The fourth-order valence-corrected chi connectivity index (χ4v) is 1.60. The zero-order valence-electron chi connectivity index (χ0n) is 9.51. The molecule has 0 spiro atoms. The zero-order valence-corrected chi connectivity index (χ0v) is 10.3. The van der Waals surface area contributed by atoms with Crippen molar-refractivity contribution in [3.63, 3.8) is 0 Å². The molecule has 1 unspecified atom stereocenters. The molecule has 6 nitrogen and oxygen atoms in total. The molecule has 0 saturated carbocycles. The Balaban J connectivity index is 2.10. The highest BCUT2D eigenvalue weighted by molar-refractivity contribution is 6.32. The van der Waals surface area contributed by atoms with E-state index in [1.807, 2.05) is 0 Å². The van der Waals surface area contributed by atoms with Gasteiger partial charge in [-0.2, -0.15) is 5.10 Å². The van der Waals surface area contributed by atoms with Gasteiger partial charge in [0.05, 0.1) is 11.1 Å². The van der Waals surface area contributed by atoms with E-state index in [9.17, 15) is 9.90 Å². The van der Waals surface area contributed by atoms with E-state index in [0.29, 0.717) is 11.4 Å². The van der Waals surface area contributed by atoms with Crippen LogP contribution in [-0.2, 0) is 0 Å². The summed E-state index contributed by atoms with van der Waals surface area (Å²) in [5, 5.41) is 18.5. The number of aromatic nitrogens is 3. The number of hydrogen-bond donors (Lipinski definition) is 3. The van der Waals surface area contributed by atoms with Crippen LogP contribution in [0.2, 0.25) is 5.02 Å². The van der Waals surface area contributed by atoms with E-state index in [1.54, 1.807) is 6.92 Å². The molecule has 0 aliphatic rings. The minimum atomic E-state index is -0.305. The van der Waals surface area contributed by atoms with E-state index < -0.39 is 0 Å². The normalized spacial score (nSPS) is 12.1. The highest BCUT2D eigenvalue weighted by Crippen LogP contribution is 2.23. The summed E-state index contributed by atoms with van der Waals surface area (Å²) in [5.41, 5.74) is 0.365. The number of nitrogens with one attached hydrogen (secondary N) is 2. The first-order valence-electron chi connectivity index (χ1n) is 5.22. The SMILES string of the molecule is CC(NC(=O)c1ccc(O)c(Cl)c1)c1ncn[nH]1. The Morgan fingerprint density at radius 2 is 2.33 bits per heavy atom. The molecule has 0 bridgehead atoms. The van der Waals surface area contributed by atoms with Crippen molar-refractivity contribution in [3.05, 3.63) is 40.9 Å². The van der Waals surface area contributed by atoms with E-state index in [-0.39, 0.29) is 22.7 Å². The predicted octanol–water partition coefficient (Wildman–Crippen LogP) is 1.65. The topological polar surface area (TPSA) is 90.9 Å². The largest absolute Gasteiger partial charge is 0.506 e. The number of amides is 1. The van der Waals surface area contributed by atoms with Crippen molar-refractivity contribution in [2.75, 3.05) is 0 Å². The molecule has 94 valence electrons. The predicted molar refractivity (Wildman–Crippen MR) is 65.4 cm³/mol. The Labute approximate surface area is 108 Å². The van der Waals surface area contributed by atoms with Crippen LogP contribution < -0.4 is 5.32 Å². The smallest absolute Gasteiger partial charge is 0.251 e. The molecular weight excluding hydrogens is 256 g/mol. The second kappa shape index (κ2) is 5.05. The highest BCUT2D eigenvalue weighted by atomic mass is 35.5. The average Bonchev–Trinajstić information content (AvgIpc) is 2.86. The third-order valence-electron chi connectivity index (χ3n) is 2.40. The van der Waals surface area contributed by atoms with E-state index >= 15 is 0 Å². The molecule has 0 radical (unpaired) electrons. The Hall–Kier alpha value is -2.08. The van der Waals surface area contributed by atoms with E-state index in [0.717, 1.165) is 0 Å². The summed E-state index contributed by atoms with van der Waals surface area (Å²) in [6.45, 7) is 1.78. The molecule has 1 amide bonds. The fourth-order valence-electron chi connectivity index (χ4n) is 1.42. The van der Waals surface area contributed by atoms with Crippen molar-refractivity contribution in [3.8, 4) is 5.75 Å². The first-order chi connectivity index (χ1) is 8.58. The number of H-pyrrole nitrogens is 1. The standard InChI is InChI=1S/C11H11ClN4O2/c1-6(10-13-5-14-16-10)15-11(18)7-2-3-9(17)8(12)4-7/h2-6,17H,1H3,(H,15,18)(H,13,14,16). The lowest BCUT2D eigenvalue weighted by Crippen LogP contribution is -2.27. The number of nitrogens with zero attached hydrogens (tertiary/aromatic N) is 2. The van der Waals surface area contributed by atoms with Crippen molar-refractivity contribution < 1.29 is 9.90 Å². The monoisotopic (exact) mass is 266 g/mol. The second-order valence-electron chi connectivity index (χ2n) is 3.73. The fraction of sp³-hybridized carbons (Fsp3) is 0.182. The van der Waals surface area contributed by atoms with Gasteiger partial charge >= 0.3 is 0 Å². The molecule has 0 aliphatic heterocycles. The van der Waals surface area contributed by atoms with Crippen molar-refractivity contribution in [2.45, 2.75) is 13.0 Å². The maximum atomic E-state index is 11.9. The molecule has 1 aromatic heterocycles. The summed E-state index contributed by atoms with van der Waals surface area (Å²) in [5.74, 6) is 0.200. The van der Waals surface area contributed by atoms with Crippen LogP contribution in [0.5, 0.6) is 5.75 Å². The minimum absolute atomic E-state index is 0.0588. The second-order valence-corrected chi connectivity index (χ2v) is 4.14. The Kier molecular flexibility index (Phi) is 3.47. The van der Waals surface area contributed by atoms with Gasteiger partial charge in [0.25, 0.3) is 5.91 Å². The Morgan fingerprint density at radius 3 is 2.94 bits per heavy atom. The molecule has 1 heterocycles. The lowest BCUT2D eigenvalue weighted by molar-refractivity contribution is 0.0938. The van der Waals surface area contributed by atoms with Crippen molar-refractivity contribution in [1.82, 2.24) is 20.5 Å². The van der Waals surface area contributed by atoms with Crippen LogP contribution in [0, 0.1) is 0 Å². The number of benzene rings is 1. The quantitative estimate of drug-likeness (QED) is 0.788. The van der Waals surface area contributed by atoms with Gasteiger partial charge < -0.3 is 10.4 Å². The summed E-state index contributed by atoms with van der Waals surface area (Å²) in [4.78, 5) is 15.8.